The van der Waals surface area contributed by atoms with Crippen LogP contribution in [0.15, 0.2) is 0 Å². The first-order valence-corrected chi connectivity index (χ1v) is 2.35. The van der Waals surface area contributed by atoms with Gasteiger partial charge in [-0.15, -0.1) is 0 Å². The summed E-state index contributed by atoms with van der Waals surface area (Å²) < 4.78 is 8.88. The molecule has 7 heavy (non-hydrogen) atoms. The maximum Gasteiger partial charge on any atom is 0.316 e. The Labute approximate surface area is 97.2 Å². The summed E-state index contributed by atoms with van der Waals surface area (Å²) >= 11 is 0. The third kappa shape index (κ3) is 58.6. The fraction of sp³-hybridized carbons (Fsp3) is 0. The van der Waals surface area contributed by atoms with Crippen molar-refractivity contribution in [3.63, 3.8) is 0 Å². The Kier molecular flexibility index (Phi) is 15.2. The average Bonchev–Trinajstić information content (AvgIpc) is 0.722. The molecule has 40 valence electrons. The average molecular weight is 264 g/mol. The number of hydrogen-bond acceptors (Lipinski definition) is 1. The second kappa shape index (κ2) is 6.57. The molecule has 0 radical (unpaired) electrons. The minimum Gasteiger partial charge on any atom is 0.316 e. The van der Waals surface area contributed by atoms with Gasteiger partial charge in [0.25, 0.3) is 0 Å². The zero-order chi connectivity index (χ0) is 4.50. The second-order valence-electron chi connectivity index (χ2n) is 0.513. The van der Waals surface area contributed by atoms with Gasteiger partial charge in [0, 0.05) is 0 Å². The molecule has 0 unspecified atom stereocenters. The van der Waals surface area contributed by atoms with Gasteiger partial charge >= 0.3 is 79.8 Å². The number of hydrogen-bond donors (Lipinski definition) is 3. The van der Waals surface area contributed by atoms with Crippen LogP contribution in [0.3, 0.4) is 0 Å². The van der Waals surface area contributed by atoms with Gasteiger partial charge in [-0.3, -0.25) is 0 Å². The molecule has 0 aromatic carbocycles. The summed E-state index contributed by atoms with van der Waals surface area (Å²) in [5, 5.41) is 0. The topological polar surface area (TPSA) is 77.8 Å². The molecule has 0 atom stereocenters. The molecule has 0 spiro atoms. The molecular weight excluding hydrogens is 257 g/mol. The molecule has 0 saturated carbocycles. The van der Waals surface area contributed by atoms with Crippen LogP contribution < -0.4 is 0 Å². The largest absolute Gasteiger partial charge is 0.316 e. The van der Waals surface area contributed by atoms with Gasteiger partial charge in [0.1, 0.15) is 0 Å². The van der Waals surface area contributed by atoms with Crippen molar-refractivity contribution in [3.8, 4) is 0 Å². The first-order valence-electron chi connectivity index (χ1n) is 0.783. The van der Waals surface area contributed by atoms with Crippen LogP contribution >= 0.6 is 7.82 Å². The summed E-state index contributed by atoms with van der Waals surface area (Å²) in [4.78, 5) is 21.6. The predicted molar refractivity (Wildman–Crippen MR) is 31.4 cm³/mol. The Balaban J connectivity index is -0.0000000800. The van der Waals surface area contributed by atoms with Crippen molar-refractivity contribution in [2.75, 3.05) is 0 Å². The van der Waals surface area contributed by atoms with Crippen LogP contribution in [-0.2, 0) is 4.57 Å². The van der Waals surface area contributed by atoms with E-state index in [9.17, 15) is 0 Å². The zero-order valence-corrected chi connectivity index (χ0v) is 3.09. The maximum absolute atomic E-state index is 8.88. The molecule has 0 fully saturated rings. The van der Waals surface area contributed by atoms with E-state index in [-0.39, 0.29) is 71.9 Å². The smallest absolute Gasteiger partial charge is 0.316 e. The van der Waals surface area contributed by atoms with E-state index in [4.69, 9.17) is 19.2 Å². The molecule has 0 aliphatic carbocycles. The van der Waals surface area contributed by atoms with E-state index >= 15 is 0 Å². The van der Waals surface area contributed by atoms with Crippen LogP contribution in [-0.4, -0.2) is 86.6 Å². The molecule has 0 rings (SSSR count). The maximum atomic E-state index is 8.88. The van der Waals surface area contributed by atoms with E-state index in [0.29, 0.717) is 0 Å². The quantitative estimate of drug-likeness (QED) is 0.327. The van der Waals surface area contributed by atoms with Crippen LogP contribution in [0.5, 0.6) is 0 Å². The molecule has 7 heteroatoms. The van der Waals surface area contributed by atoms with Gasteiger partial charge < -0.3 is 14.7 Å². The summed E-state index contributed by atoms with van der Waals surface area (Å²) in [6, 6.07) is 0. The zero-order valence-electron chi connectivity index (χ0n) is 2.20. The fourth-order valence-electron chi connectivity index (χ4n) is 0. The molecule has 4 nitrogen and oxygen atoms in total. The molecule has 0 aliphatic heterocycles. The molecule has 3 N–H and O–H groups in total. The minimum atomic E-state index is -4.64. The van der Waals surface area contributed by atoms with E-state index in [2.05, 4.69) is 0 Å². The van der Waals surface area contributed by atoms with Gasteiger partial charge in [0.15, 0.2) is 0 Å². The molecule has 0 aliphatic rings. The van der Waals surface area contributed by atoms with Gasteiger partial charge in [-0.25, -0.2) is 4.57 Å². The van der Waals surface area contributed by atoms with E-state index in [1.54, 1.807) is 0 Å². The molecule has 0 bridgehead atoms. The summed E-state index contributed by atoms with van der Waals surface area (Å²) in [6.45, 7) is 0. The molecule has 0 saturated heterocycles. The molecule has 0 amide bonds. The SMILES string of the molecule is O=P(O)(O)O.[BaH2].[MgH2]. The molecular formula is H7BaMgO4P. The summed E-state index contributed by atoms with van der Waals surface area (Å²) in [7, 11) is -4.64. The summed E-state index contributed by atoms with van der Waals surface area (Å²) in [5.41, 5.74) is 0. The van der Waals surface area contributed by atoms with Gasteiger partial charge in [-0.1, -0.05) is 0 Å². The fourth-order valence-corrected chi connectivity index (χ4v) is 0. The van der Waals surface area contributed by atoms with Crippen molar-refractivity contribution < 1.29 is 19.2 Å². The monoisotopic (exact) mass is 264 g/mol. The third-order valence-electron chi connectivity index (χ3n) is 0. The minimum absolute atomic E-state index is 0. The van der Waals surface area contributed by atoms with Crippen molar-refractivity contribution in [2.45, 2.75) is 0 Å². The van der Waals surface area contributed by atoms with Gasteiger partial charge in [0.05, 0.1) is 0 Å². The van der Waals surface area contributed by atoms with Crippen LogP contribution in [0.4, 0.5) is 0 Å². The Bertz CT molecular complexity index is 57.8. The molecule has 0 aromatic rings. The number of phosphoric acid groups is 1. The van der Waals surface area contributed by atoms with Crippen LogP contribution in [0, 0.1) is 0 Å². The second-order valence-corrected chi connectivity index (χ2v) is 1.54. The predicted octanol–water partition coefficient (Wildman–Crippen LogP) is -2.76. The number of rotatable bonds is 0. The third-order valence-corrected chi connectivity index (χ3v) is 0. The van der Waals surface area contributed by atoms with Crippen molar-refractivity contribution in [3.05, 3.63) is 0 Å². The van der Waals surface area contributed by atoms with E-state index < -0.39 is 7.82 Å². The van der Waals surface area contributed by atoms with E-state index in [1.165, 1.54) is 0 Å². The van der Waals surface area contributed by atoms with Crippen LogP contribution in [0.2, 0.25) is 0 Å². The normalized spacial score (nSPS) is 8.43. The summed E-state index contributed by atoms with van der Waals surface area (Å²) in [6.07, 6.45) is 0. The Morgan fingerprint density at radius 2 is 1.14 bits per heavy atom. The standard InChI is InChI=1S/Ba.Mg.H3O4P.4H/c;;1-5(2,3)4;;;;/h;;(H3,1,2,3,4);;;;. The first-order chi connectivity index (χ1) is 2.00. The molecule has 0 heterocycles. The first kappa shape index (κ1) is 16.2. The van der Waals surface area contributed by atoms with Gasteiger partial charge in [-0.2, -0.15) is 0 Å². The Morgan fingerprint density at radius 1 is 1.14 bits per heavy atom. The van der Waals surface area contributed by atoms with Gasteiger partial charge in [-0.05, 0) is 0 Å². The summed E-state index contributed by atoms with van der Waals surface area (Å²) in [5.74, 6) is 0. The van der Waals surface area contributed by atoms with E-state index in [0.717, 1.165) is 0 Å². The van der Waals surface area contributed by atoms with E-state index in [1.807, 2.05) is 0 Å². The van der Waals surface area contributed by atoms with Crippen molar-refractivity contribution in [1.82, 2.24) is 0 Å². The van der Waals surface area contributed by atoms with Crippen molar-refractivity contribution in [2.24, 2.45) is 0 Å². The Hall–Kier alpha value is 2.45. The van der Waals surface area contributed by atoms with Crippen molar-refractivity contribution in [1.29, 1.82) is 0 Å². The molecule has 0 aromatic heterocycles. The van der Waals surface area contributed by atoms with Crippen LogP contribution in [0.25, 0.3) is 0 Å². The van der Waals surface area contributed by atoms with Crippen LogP contribution in [0.1, 0.15) is 0 Å². The van der Waals surface area contributed by atoms with Gasteiger partial charge in [0.2, 0.25) is 0 Å². The Morgan fingerprint density at radius 3 is 1.14 bits per heavy atom. The van der Waals surface area contributed by atoms with Crippen molar-refractivity contribution >= 4 is 79.8 Å².